The number of hydrogen-bond acceptors (Lipinski definition) is 4. The Morgan fingerprint density at radius 2 is 1.50 bits per heavy atom. The average molecular weight is 543 g/mol. The fraction of sp³-hybridized carbons (Fsp3) is 0.469. The van der Waals surface area contributed by atoms with Crippen LogP contribution in [0.2, 0.25) is 0 Å². The quantitative estimate of drug-likeness (QED) is 0.380. The monoisotopic (exact) mass is 542 g/mol. The summed E-state index contributed by atoms with van der Waals surface area (Å²) in [6.07, 6.45) is 5.67. The van der Waals surface area contributed by atoms with E-state index in [1.165, 1.54) is 25.7 Å². The number of carbonyl (C=O) groups excluding carboxylic acids is 2. The molecule has 1 saturated heterocycles. The zero-order valence-electron chi connectivity index (χ0n) is 24.2. The lowest BCUT2D eigenvalue weighted by molar-refractivity contribution is -0.132. The highest BCUT2D eigenvalue weighted by atomic mass is 16.2. The Bertz CT molecular complexity index is 1310. The van der Waals surface area contributed by atoms with Gasteiger partial charge in [0, 0.05) is 55.5 Å². The SMILES string of the molecule is Cc1ccc(-n2nc(C(C)(C)C)cc2NC(=O)Nc2ccc(N3CCN(C(=O)CC4CCCC4)CC3)cc2)cc1. The molecule has 40 heavy (non-hydrogen) atoms. The fourth-order valence-electron chi connectivity index (χ4n) is 5.56. The van der Waals surface area contributed by atoms with E-state index in [2.05, 4.69) is 36.3 Å². The van der Waals surface area contributed by atoms with Crippen molar-refractivity contribution in [3.8, 4) is 5.69 Å². The van der Waals surface area contributed by atoms with Crippen LogP contribution in [0.25, 0.3) is 5.69 Å². The van der Waals surface area contributed by atoms with Crippen molar-refractivity contribution in [1.29, 1.82) is 0 Å². The second kappa shape index (κ2) is 11.7. The zero-order chi connectivity index (χ0) is 28.3. The van der Waals surface area contributed by atoms with Crippen molar-refractivity contribution in [3.63, 3.8) is 0 Å². The lowest BCUT2D eigenvalue weighted by atomic mass is 9.92. The van der Waals surface area contributed by atoms with Crippen LogP contribution >= 0.6 is 0 Å². The molecule has 2 heterocycles. The number of urea groups is 1. The highest BCUT2D eigenvalue weighted by molar-refractivity contribution is 5.99. The van der Waals surface area contributed by atoms with Gasteiger partial charge in [-0.3, -0.25) is 10.1 Å². The van der Waals surface area contributed by atoms with Gasteiger partial charge in [0.2, 0.25) is 5.91 Å². The van der Waals surface area contributed by atoms with Crippen LogP contribution in [0.1, 0.15) is 64.1 Å². The van der Waals surface area contributed by atoms with Crippen molar-refractivity contribution in [3.05, 3.63) is 65.9 Å². The molecule has 8 heteroatoms. The molecular formula is C32H42N6O2. The van der Waals surface area contributed by atoms with Crippen LogP contribution < -0.4 is 15.5 Å². The minimum Gasteiger partial charge on any atom is -0.368 e. The summed E-state index contributed by atoms with van der Waals surface area (Å²) in [6.45, 7) is 11.5. The van der Waals surface area contributed by atoms with Crippen LogP contribution in [0.3, 0.4) is 0 Å². The van der Waals surface area contributed by atoms with Gasteiger partial charge in [-0.2, -0.15) is 5.10 Å². The standard InChI is InChI=1S/C32H42N6O2/c1-23-9-13-27(14-10-23)38-29(22-28(35-38)32(2,3)4)34-31(40)33-25-11-15-26(16-12-25)36-17-19-37(20-18-36)30(39)21-24-7-5-6-8-24/h9-16,22,24H,5-8,17-21H2,1-4H3,(H2,33,34,40). The van der Waals surface area contributed by atoms with E-state index in [0.717, 1.165) is 48.8 Å². The van der Waals surface area contributed by atoms with Crippen molar-refractivity contribution in [2.45, 2.75) is 65.2 Å². The first kappa shape index (κ1) is 27.7. The molecule has 2 aliphatic rings. The Balaban J connectivity index is 1.18. The molecule has 2 N–H and O–H groups in total. The first-order valence-electron chi connectivity index (χ1n) is 14.5. The Hall–Kier alpha value is -3.81. The van der Waals surface area contributed by atoms with Gasteiger partial charge >= 0.3 is 6.03 Å². The van der Waals surface area contributed by atoms with Crippen molar-refractivity contribution in [2.75, 3.05) is 41.7 Å². The summed E-state index contributed by atoms with van der Waals surface area (Å²) in [7, 11) is 0. The molecule has 3 amide bonds. The molecule has 8 nitrogen and oxygen atoms in total. The van der Waals surface area contributed by atoms with Gasteiger partial charge in [-0.05, 0) is 62.1 Å². The molecule has 1 saturated carbocycles. The fourth-order valence-corrected chi connectivity index (χ4v) is 5.56. The summed E-state index contributed by atoms with van der Waals surface area (Å²) in [5.74, 6) is 1.52. The Labute approximate surface area is 237 Å². The van der Waals surface area contributed by atoms with E-state index in [1.54, 1.807) is 4.68 Å². The molecule has 1 aliphatic carbocycles. The van der Waals surface area contributed by atoms with Crippen LogP contribution in [-0.2, 0) is 10.2 Å². The molecule has 5 rings (SSSR count). The van der Waals surface area contributed by atoms with E-state index < -0.39 is 0 Å². The summed E-state index contributed by atoms with van der Waals surface area (Å²) in [5, 5.41) is 10.7. The van der Waals surface area contributed by atoms with E-state index >= 15 is 0 Å². The molecular weight excluding hydrogens is 500 g/mol. The third-order valence-corrected chi connectivity index (χ3v) is 8.06. The maximum absolute atomic E-state index is 13.0. The first-order valence-corrected chi connectivity index (χ1v) is 14.5. The summed E-state index contributed by atoms with van der Waals surface area (Å²) in [6, 6.07) is 17.6. The molecule has 212 valence electrons. The number of piperazine rings is 1. The van der Waals surface area contributed by atoms with Gasteiger partial charge in [0.25, 0.3) is 0 Å². The molecule has 0 atom stereocenters. The number of nitrogens with one attached hydrogen (secondary N) is 2. The van der Waals surface area contributed by atoms with Crippen molar-refractivity contribution < 1.29 is 9.59 Å². The van der Waals surface area contributed by atoms with Crippen molar-refractivity contribution in [1.82, 2.24) is 14.7 Å². The van der Waals surface area contributed by atoms with Gasteiger partial charge in [0.05, 0.1) is 11.4 Å². The number of carbonyl (C=O) groups is 2. The van der Waals surface area contributed by atoms with Crippen LogP contribution in [0.4, 0.5) is 22.0 Å². The lowest BCUT2D eigenvalue weighted by Crippen LogP contribution is -2.49. The van der Waals surface area contributed by atoms with Gasteiger partial charge in [-0.1, -0.05) is 51.3 Å². The molecule has 0 bridgehead atoms. The molecule has 3 aromatic rings. The number of nitrogens with zero attached hydrogens (tertiary/aromatic N) is 4. The smallest absolute Gasteiger partial charge is 0.324 e. The predicted molar refractivity (Wildman–Crippen MR) is 161 cm³/mol. The van der Waals surface area contributed by atoms with Gasteiger partial charge < -0.3 is 15.1 Å². The summed E-state index contributed by atoms with van der Waals surface area (Å²) in [5.41, 5.74) is 4.60. The largest absolute Gasteiger partial charge is 0.368 e. The van der Waals surface area contributed by atoms with E-state index in [1.807, 2.05) is 66.4 Å². The average Bonchev–Trinajstić information content (AvgIpc) is 3.60. The third-order valence-electron chi connectivity index (χ3n) is 8.06. The van der Waals surface area contributed by atoms with E-state index in [4.69, 9.17) is 5.10 Å². The van der Waals surface area contributed by atoms with E-state index in [0.29, 0.717) is 29.8 Å². The van der Waals surface area contributed by atoms with E-state index in [9.17, 15) is 9.59 Å². The van der Waals surface area contributed by atoms with Crippen LogP contribution in [-0.4, -0.2) is 52.8 Å². The molecule has 2 aromatic carbocycles. The second-order valence-electron chi connectivity index (χ2n) is 12.3. The highest BCUT2D eigenvalue weighted by Gasteiger charge is 2.25. The molecule has 2 fully saturated rings. The van der Waals surface area contributed by atoms with Crippen LogP contribution in [0, 0.1) is 12.8 Å². The summed E-state index contributed by atoms with van der Waals surface area (Å²) >= 11 is 0. The third kappa shape index (κ3) is 6.66. The van der Waals surface area contributed by atoms with Gasteiger partial charge in [0.1, 0.15) is 5.82 Å². The molecule has 1 aliphatic heterocycles. The minimum absolute atomic E-state index is 0.159. The number of anilines is 3. The Kier molecular flexibility index (Phi) is 8.14. The first-order chi connectivity index (χ1) is 19.2. The number of benzene rings is 2. The number of hydrogen-bond donors (Lipinski definition) is 2. The van der Waals surface area contributed by atoms with E-state index in [-0.39, 0.29) is 11.4 Å². The Morgan fingerprint density at radius 3 is 2.12 bits per heavy atom. The van der Waals surface area contributed by atoms with Gasteiger partial charge in [-0.25, -0.2) is 9.48 Å². The zero-order valence-corrected chi connectivity index (χ0v) is 24.2. The topological polar surface area (TPSA) is 82.5 Å². The van der Waals surface area contributed by atoms with Gasteiger partial charge in [-0.15, -0.1) is 0 Å². The predicted octanol–water partition coefficient (Wildman–Crippen LogP) is 6.35. The van der Waals surface area contributed by atoms with Crippen molar-refractivity contribution in [2.24, 2.45) is 5.92 Å². The molecule has 0 radical (unpaired) electrons. The maximum atomic E-state index is 13.0. The lowest BCUT2D eigenvalue weighted by Gasteiger charge is -2.36. The Morgan fingerprint density at radius 1 is 0.875 bits per heavy atom. The van der Waals surface area contributed by atoms with Crippen molar-refractivity contribution >= 4 is 29.1 Å². The van der Waals surface area contributed by atoms with Crippen LogP contribution in [0.5, 0.6) is 0 Å². The summed E-state index contributed by atoms with van der Waals surface area (Å²) < 4.78 is 1.78. The molecule has 0 spiro atoms. The van der Waals surface area contributed by atoms with Crippen LogP contribution in [0.15, 0.2) is 54.6 Å². The minimum atomic E-state index is -0.323. The maximum Gasteiger partial charge on any atom is 0.324 e. The molecule has 1 aromatic heterocycles. The molecule has 0 unspecified atom stereocenters. The number of rotatable bonds is 6. The van der Waals surface area contributed by atoms with Gasteiger partial charge in [0.15, 0.2) is 0 Å². The number of aromatic nitrogens is 2. The summed E-state index contributed by atoms with van der Waals surface area (Å²) in [4.78, 5) is 30.0. The number of aryl methyl sites for hydroxylation is 1. The second-order valence-corrected chi connectivity index (χ2v) is 12.3. The number of amides is 3. The normalized spacial score (nSPS) is 16.3. The highest BCUT2D eigenvalue weighted by Crippen LogP contribution is 2.29.